The largest absolute Gasteiger partial charge is 0.434 e. The monoisotopic (exact) mass is 308 g/mol. The molecule has 0 unspecified atom stereocenters. The van der Waals surface area contributed by atoms with E-state index in [4.69, 9.17) is 0 Å². The van der Waals surface area contributed by atoms with Gasteiger partial charge in [-0.25, -0.2) is 4.98 Å². The number of aromatic nitrogens is 1. The Bertz CT molecular complexity index is 450. The van der Waals surface area contributed by atoms with Gasteiger partial charge in [0.2, 0.25) is 0 Å². The van der Waals surface area contributed by atoms with Crippen molar-refractivity contribution in [3.05, 3.63) is 15.6 Å². The molecule has 0 aliphatic carbocycles. The van der Waals surface area contributed by atoms with Crippen LogP contribution in [0, 0.1) is 5.41 Å². The SMILES string of the molecule is CC(C)(C)Cc1nc(C(F)(F)F)c(CNC(C)(C)C)s1. The summed E-state index contributed by atoms with van der Waals surface area (Å²) >= 11 is 1.16. The summed E-state index contributed by atoms with van der Waals surface area (Å²) in [5.41, 5.74) is -1.04. The Kier molecular flexibility index (Phi) is 4.91. The molecule has 1 N–H and O–H groups in total. The first-order chi connectivity index (χ1) is 8.78. The summed E-state index contributed by atoms with van der Waals surface area (Å²) in [6.45, 7) is 12.0. The summed E-state index contributed by atoms with van der Waals surface area (Å²) < 4.78 is 39.1. The molecule has 0 aromatic carbocycles. The van der Waals surface area contributed by atoms with Gasteiger partial charge in [-0.1, -0.05) is 20.8 Å². The second-order valence-electron chi connectivity index (χ2n) is 7.22. The van der Waals surface area contributed by atoms with Gasteiger partial charge in [0.1, 0.15) is 0 Å². The van der Waals surface area contributed by atoms with Crippen molar-refractivity contribution in [3.8, 4) is 0 Å². The smallest absolute Gasteiger partial charge is 0.307 e. The van der Waals surface area contributed by atoms with Gasteiger partial charge in [0.15, 0.2) is 5.69 Å². The van der Waals surface area contributed by atoms with Gasteiger partial charge in [-0.05, 0) is 26.2 Å². The van der Waals surface area contributed by atoms with E-state index in [9.17, 15) is 13.2 Å². The zero-order valence-corrected chi connectivity index (χ0v) is 13.7. The van der Waals surface area contributed by atoms with Crippen LogP contribution in [0.15, 0.2) is 0 Å². The van der Waals surface area contributed by atoms with Crippen molar-refractivity contribution in [2.24, 2.45) is 5.41 Å². The maximum absolute atomic E-state index is 13.0. The predicted octanol–water partition coefficient (Wildman–Crippen LogP) is 4.64. The number of hydrogen-bond donors (Lipinski definition) is 1. The fraction of sp³-hybridized carbons (Fsp3) is 0.786. The molecule has 116 valence electrons. The van der Waals surface area contributed by atoms with Crippen LogP contribution in [0.4, 0.5) is 13.2 Å². The minimum Gasteiger partial charge on any atom is -0.307 e. The lowest BCUT2D eigenvalue weighted by molar-refractivity contribution is -0.141. The number of alkyl halides is 3. The van der Waals surface area contributed by atoms with E-state index in [1.165, 1.54) is 0 Å². The van der Waals surface area contributed by atoms with Crippen LogP contribution in [0.1, 0.15) is 57.1 Å². The van der Waals surface area contributed by atoms with E-state index in [0.29, 0.717) is 11.4 Å². The highest BCUT2D eigenvalue weighted by Gasteiger charge is 2.37. The first-order valence-corrected chi connectivity index (χ1v) is 7.40. The highest BCUT2D eigenvalue weighted by atomic mass is 32.1. The molecule has 0 fully saturated rings. The summed E-state index contributed by atoms with van der Waals surface area (Å²) in [6.07, 6.45) is -3.84. The Morgan fingerprint density at radius 1 is 1.05 bits per heavy atom. The van der Waals surface area contributed by atoms with Gasteiger partial charge >= 0.3 is 6.18 Å². The van der Waals surface area contributed by atoms with E-state index in [2.05, 4.69) is 10.3 Å². The average molecular weight is 308 g/mol. The molecule has 0 aliphatic heterocycles. The Labute approximate surface area is 122 Å². The summed E-state index contributed by atoms with van der Waals surface area (Å²) in [5, 5.41) is 3.65. The average Bonchev–Trinajstić information content (AvgIpc) is 2.53. The standard InChI is InChI=1S/C14H23F3N2S/c1-12(2,3)7-10-19-11(14(15,16)17)9(20-10)8-18-13(4,5)6/h18H,7-8H2,1-6H3. The molecule has 0 radical (unpaired) electrons. The minimum absolute atomic E-state index is 0.0740. The molecular formula is C14H23F3N2S. The Hall–Kier alpha value is -0.620. The predicted molar refractivity (Wildman–Crippen MR) is 76.9 cm³/mol. The van der Waals surface area contributed by atoms with Gasteiger partial charge in [0, 0.05) is 18.5 Å². The van der Waals surface area contributed by atoms with Gasteiger partial charge in [0.05, 0.1) is 9.88 Å². The molecule has 1 heterocycles. The lowest BCUT2D eigenvalue weighted by Gasteiger charge is -2.20. The molecule has 1 aromatic rings. The Balaban J connectivity index is 3.02. The molecule has 20 heavy (non-hydrogen) atoms. The van der Waals surface area contributed by atoms with E-state index in [1.807, 2.05) is 41.5 Å². The van der Waals surface area contributed by atoms with Gasteiger partial charge in [-0.2, -0.15) is 13.2 Å². The molecule has 0 saturated heterocycles. The van der Waals surface area contributed by atoms with Crippen molar-refractivity contribution < 1.29 is 13.2 Å². The van der Waals surface area contributed by atoms with Crippen LogP contribution in [0.5, 0.6) is 0 Å². The van der Waals surface area contributed by atoms with E-state index < -0.39 is 11.9 Å². The quantitative estimate of drug-likeness (QED) is 0.880. The number of hydrogen-bond acceptors (Lipinski definition) is 3. The highest BCUT2D eigenvalue weighted by Crippen LogP contribution is 2.36. The molecule has 0 aliphatic rings. The van der Waals surface area contributed by atoms with Crippen LogP contribution < -0.4 is 5.32 Å². The zero-order chi connectivity index (χ0) is 15.8. The zero-order valence-electron chi connectivity index (χ0n) is 12.9. The number of nitrogens with one attached hydrogen (secondary N) is 1. The van der Waals surface area contributed by atoms with Crippen molar-refractivity contribution in [1.29, 1.82) is 0 Å². The van der Waals surface area contributed by atoms with Gasteiger partial charge in [-0.15, -0.1) is 11.3 Å². The van der Waals surface area contributed by atoms with Gasteiger partial charge in [0.25, 0.3) is 0 Å². The van der Waals surface area contributed by atoms with Crippen LogP contribution in [0.25, 0.3) is 0 Å². The molecule has 0 atom stereocenters. The second-order valence-corrected chi connectivity index (χ2v) is 8.39. The third-order valence-corrected chi connectivity index (χ3v) is 3.53. The van der Waals surface area contributed by atoms with Crippen LogP contribution in [-0.2, 0) is 19.1 Å². The van der Waals surface area contributed by atoms with Gasteiger partial charge in [-0.3, -0.25) is 0 Å². The van der Waals surface area contributed by atoms with E-state index in [0.717, 1.165) is 11.3 Å². The molecule has 1 aromatic heterocycles. The van der Waals surface area contributed by atoms with Crippen molar-refractivity contribution in [2.75, 3.05) is 0 Å². The van der Waals surface area contributed by atoms with E-state index in [-0.39, 0.29) is 22.4 Å². The lowest BCUT2D eigenvalue weighted by atomic mass is 9.93. The number of halogens is 3. The van der Waals surface area contributed by atoms with E-state index >= 15 is 0 Å². The first-order valence-electron chi connectivity index (χ1n) is 6.59. The fourth-order valence-electron chi connectivity index (χ4n) is 1.62. The van der Waals surface area contributed by atoms with Crippen LogP contribution in [0.2, 0.25) is 0 Å². The van der Waals surface area contributed by atoms with Crippen LogP contribution >= 0.6 is 11.3 Å². The third-order valence-electron chi connectivity index (χ3n) is 2.47. The Morgan fingerprint density at radius 3 is 2.00 bits per heavy atom. The molecule has 6 heteroatoms. The third kappa shape index (κ3) is 5.79. The maximum atomic E-state index is 13.0. The molecule has 2 nitrogen and oxygen atoms in total. The number of thiazole rings is 1. The van der Waals surface area contributed by atoms with Crippen LogP contribution in [-0.4, -0.2) is 10.5 Å². The first kappa shape index (κ1) is 17.4. The van der Waals surface area contributed by atoms with Gasteiger partial charge < -0.3 is 5.32 Å². The Morgan fingerprint density at radius 2 is 1.60 bits per heavy atom. The molecular weight excluding hydrogens is 285 g/mol. The molecule has 0 saturated carbocycles. The summed E-state index contributed by atoms with van der Waals surface area (Å²) in [4.78, 5) is 4.09. The summed E-state index contributed by atoms with van der Waals surface area (Å²) in [5.74, 6) is 0. The van der Waals surface area contributed by atoms with Crippen molar-refractivity contribution >= 4 is 11.3 Å². The molecule has 0 amide bonds. The lowest BCUT2D eigenvalue weighted by Crippen LogP contribution is -2.35. The minimum atomic E-state index is -4.39. The van der Waals surface area contributed by atoms with Crippen molar-refractivity contribution in [2.45, 2.75) is 66.2 Å². The second kappa shape index (κ2) is 5.64. The summed E-state index contributed by atoms with van der Waals surface area (Å²) in [6, 6.07) is 0. The van der Waals surface area contributed by atoms with Crippen LogP contribution in [0.3, 0.4) is 0 Å². The topological polar surface area (TPSA) is 24.9 Å². The van der Waals surface area contributed by atoms with Crippen molar-refractivity contribution in [3.63, 3.8) is 0 Å². The molecule has 0 bridgehead atoms. The summed E-state index contributed by atoms with van der Waals surface area (Å²) in [7, 11) is 0. The normalized spacial score (nSPS) is 13.8. The molecule has 0 spiro atoms. The van der Waals surface area contributed by atoms with E-state index in [1.54, 1.807) is 0 Å². The van der Waals surface area contributed by atoms with Crippen molar-refractivity contribution in [1.82, 2.24) is 10.3 Å². The fourth-order valence-corrected chi connectivity index (χ4v) is 2.95. The number of rotatable bonds is 3. The number of nitrogens with zero attached hydrogens (tertiary/aromatic N) is 1. The maximum Gasteiger partial charge on any atom is 0.434 e. The highest BCUT2D eigenvalue weighted by molar-refractivity contribution is 7.11. The molecule has 1 rings (SSSR count).